The molecule has 1 aliphatic heterocycles. The second-order valence-corrected chi connectivity index (χ2v) is 7.21. The normalized spacial score (nSPS) is 19.1. The maximum Gasteiger partial charge on any atom is 0.268 e. The molecule has 1 amide bonds. The van der Waals surface area contributed by atoms with E-state index in [9.17, 15) is 4.79 Å². The van der Waals surface area contributed by atoms with Crippen molar-refractivity contribution in [3.8, 4) is 0 Å². The quantitative estimate of drug-likeness (QED) is 0.880. The Morgan fingerprint density at radius 1 is 1.57 bits per heavy atom. The van der Waals surface area contributed by atoms with Crippen LogP contribution in [-0.4, -0.2) is 47.5 Å². The molecule has 7 heteroatoms. The molecule has 1 fully saturated rings. The molecule has 0 aromatic carbocycles. The Labute approximate surface area is 130 Å². The van der Waals surface area contributed by atoms with E-state index in [2.05, 4.69) is 16.8 Å². The molecule has 6 nitrogen and oxygen atoms in total. The molecular weight excluding hydrogens is 286 g/mol. The van der Waals surface area contributed by atoms with Crippen molar-refractivity contribution < 1.29 is 4.79 Å². The standard InChI is InChI=1S/C14H25N5OS/c1-5-14(2,3)18(4)12(20)10-11(16)17-13(21-10)19-7-6-9(15)8-19/h9H,5-8,15-16H2,1-4H3. The summed E-state index contributed by atoms with van der Waals surface area (Å²) in [4.78, 5) is 21.4. The minimum Gasteiger partial charge on any atom is -0.382 e. The lowest BCUT2D eigenvalue weighted by Crippen LogP contribution is -2.44. The van der Waals surface area contributed by atoms with Crippen LogP contribution in [-0.2, 0) is 0 Å². The number of nitrogen functional groups attached to an aromatic ring is 1. The van der Waals surface area contributed by atoms with Crippen LogP contribution in [0.3, 0.4) is 0 Å². The van der Waals surface area contributed by atoms with Gasteiger partial charge < -0.3 is 21.3 Å². The molecule has 0 saturated carbocycles. The molecule has 1 atom stereocenters. The minimum atomic E-state index is -0.205. The van der Waals surface area contributed by atoms with Gasteiger partial charge in [-0.1, -0.05) is 18.3 Å². The topological polar surface area (TPSA) is 88.5 Å². The zero-order valence-corrected chi connectivity index (χ0v) is 14.0. The predicted octanol–water partition coefficient (Wildman–Crippen LogP) is 1.52. The van der Waals surface area contributed by atoms with Crippen LogP contribution in [0.15, 0.2) is 0 Å². The van der Waals surface area contributed by atoms with E-state index >= 15 is 0 Å². The first kappa shape index (κ1) is 16.0. The maximum absolute atomic E-state index is 12.6. The number of hydrogen-bond acceptors (Lipinski definition) is 6. The number of aromatic nitrogens is 1. The van der Waals surface area contributed by atoms with Gasteiger partial charge in [-0.25, -0.2) is 4.98 Å². The SMILES string of the molecule is CCC(C)(C)N(C)C(=O)c1sc(N2CCC(N)C2)nc1N. The summed E-state index contributed by atoms with van der Waals surface area (Å²) in [6.45, 7) is 7.80. The number of anilines is 2. The van der Waals surface area contributed by atoms with Crippen molar-refractivity contribution in [1.29, 1.82) is 0 Å². The Morgan fingerprint density at radius 2 is 2.24 bits per heavy atom. The van der Waals surface area contributed by atoms with Crippen molar-refractivity contribution in [2.75, 3.05) is 30.8 Å². The number of nitrogens with zero attached hydrogens (tertiary/aromatic N) is 3. The first-order valence-electron chi connectivity index (χ1n) is 7.31. The molecule has 0 aliphatic carbocycles. The number of nitrogens with two attached hydrogens (primary N) is 2. The highest BCUT2D eigenvalue weighted by atomic mass is 32.1. The van der Waals surface area contributed by atoms with Crippen LogP contribution in [0.25, 0.3) is 0 Å². The molecular formula is C14H25N5OS. The lowest BCUT2D eigenvalue weighted by Gasteiger charge is -2.34. The smallest absolute Gasteiger partial charge is 0.268 e. The minimum absolute atomic E-state index is 0.0633. The number of amides is 1. The Balaban J connectivity index is 2.21. The van der Waals surface area contributed by atoms with Crippen LogP contribution in [0.1, 0.15) is 43.3 Å². The van der Waals surface area contributed by atoms with E-state index in [0.29, 0.717) is 10.7 Å². The predicted molar refractivity (Wildman–Crippen MR) is 87.8 cm³/mol. The van der Waals surface area contributed by atoms with Gasteiger partial charge in [0.05, 0.1) is 0 Å². The summed E-state index contributed by atoms with van der Waals surface area (Å²) in [6, 6.07) is 0.177. The summed E-state index contributed by atoms with van der Waals surface area (Å²) >= 11 is 1.36. The van der Waals surface area contributed by atoms with Crippen LogP contribution < -0.4 is 16.4 Å². The Hall–Kier alpha value is -1.34. The van der Waals surface area contributed by atoms with Gasteiger partial charge in [-0.2, -0.15) is 0 Å². The van der Waals surface area contributed by atoms with Gasteiger partial charge >= 0.3 is 0 Å². The molecule has 0 spiro atoms. The van der Waals surface area contributed by atoms with E-state index in [4.69, 9.17) is 11.5 Å². The van der Waals surface area contributed by atoms with Crippen LogP contribution >= 0.6 is 11.3 Å². The molecule has 118 valence electrons. The second-order valence-electron chi connectivity index (χ2n) is 6.24. The van der Waals surface area contributed by atoms with Crippen LogP contribution in [0.5, 0.6) is 0 Å². The average Bonchev–Trinajstić information content (AvgIpc) is 3.03. The highest BCUT2D eigenvalue weighted by molar-refractivity contribution is 7.18. The van der Waals surface area contributed by atoms with Crippen LogP contribution in [0.4, 0.5) is 10.9 Å². The number of rotatable bonds is 4. The molecule has 1 aliphatic rings. The largest absolute Gasteiger partial charge is 0.382 e. The number of carbonyl (C=O) groups excluding carboxylic acids is 1. The van der Waals surface area contributed by atoms with Gasteiger partial charge in [-0.05, 0) is 26.7 Å². The van der Waals surface area contributed by atoms with Gasteiger partial charge in [0, 0.05) is 31.7 Å². The van der Waals surface area contributed by atoms with Crippen molar-refractivity contribution in [3.05, 3.63) is 4.88 Å². The van der Waals surface area contributed by atoms with Crippen molar-refractivity contribution >= 4 is 28.2 Å². The lowest BCUT2D eigenvalue weighted by atomic mass is 10.00. The Kier molecular flexibility index (Phi) is 4.43. The summed E-state index contributed by atoms with van der Waals surface area (Å²) in [5, 5.41) is 0.798. The second kappa shape index (κ2) is 5.81. The fourth-order valence-corrected chi connectivity index (χ4v) is 3.23. The van der Waals surface area contributed by atoms with Gasteiger partial charge in [0.25, 0.3) is 5.91 Å². The fraction of sp³-hybridized carbons (Fsp3) is 0.714. The molecule has 1 aromatic rings. The highest BCUT2D eigenvalue weighted by Crippen LogP contribution is 2.32. The Morgan fingerprint density at radius 3 is 2.76 bits per heavy atom. The van der Waals surface area contributed by atoms with Crippen molar-refractivity contribution in [3.63, 3.8) is 0 Å². The highest BCUT2D eigenvalue weighted by Gasteiger charge is 2.31. The summed E-state index contributed by atoms with van der Waals surface area (Å²) in [5.74, 6) is 0.255. The van der Waals surface area contributed by atoms with Crippen molar-refractivity contribution in [2.24, 2.45) is 5.73 Å². The summed E-state index contributed by atoms with van der Waals surface area (Å²) < 4.78 is 0. The number of thiazole rings is 1. The molecule has 2 heterocycles. The van der Waals surface area contributed by atoms with Crippen LogP contribution in [0.2, 0.25) is 0 Å². The molecule has 0 bridgehead atoms. The zero-order chi connectivity index (χ0) is 15.8. The molecule has 1 unspecified atom stereocenters. The van der Waals surface area contributed by atoms with Gasteiger partial charge in [-0.3, -0.25) is 4.79 Å². The van der Waals surface area contributed by atoms with E-state index in [1.807, 2.05) is 20.9 Å². The maximum atomic E-state index is 12.6. The van der Waals surface area contributed by atoms with E-state index in [0.717, 1.165) is 31.1 Å². The first-order chi connectivity index (χ1) is 9.76. The molecule has 1 saturated heterocycles. The van der Waals surface area contributed by atoms with E-state index in [1.165, 1.54) is 11.3 Å². The molecule has 1 aromatic heterocycles. The molecule has 0 radical (unpaired) electrons. The summed E-state index contributed by atoms with van der Waals surface area (Å²) in [6.07, 6.45) is 1.83. The van der Waals surface area contributed by atoms with E-state index < -0.39 is 0 Å². The average molecular weight is 311 g/mol. The first-order valence-corrected chi connectivity index (χ1v) is 8.13. The monoisotopic (exact) mass is 311 g/mol. The zero-order valence-electron chi connectivity index (χ0n) is 13.2. The third-order valence-electron chi connectivity index (χ3n) is 4.41. The number of carbonyl (C=O) groups is 1. The number of hydrogen-bond donors (Lipinski definition) is 2. The summed E-state index contributed by atoms with van der Waals surface area (Å²) in [7, 11) is 1.82. The molecule has 21 heavy (non-hydrogen) atoms. The Bertz CT molecular complexity index is 527. The van der Waals surface area contributed by atoms with Gasteiger partial charge in [-0.15, -0.1) is 0 Å². The fourth-order valence-electron chi connectivity index (χ4n) is 2.23. The third kappa shape index (κ3) is 3.13. The van der Waals surface area contributed by atoms with E-state index in [-0.39, 0.29) is 17.5 Å². The lowest BCUT2D eigenvalue weighted by molar-refractivity contribution is 0.0626. The molecule has 2 rings (SSSR count). The van der Waals surface area contributed by atoms with Gasteiger partial charge in [0.2, 0.25) is 0 Å². The van der Waals surface area contributed by atoms with Crippen molar-refractivity contribution in [1.82, 2.24) is 9.88 Å². The van der Waals surface area contributed by atoms with Gasteiger partial charge in [0.1, 0.15) is 10.7 Å². The van der Waals surface area contributed by atoms with Gasteiger partial charge in [0.15, 0.2) is 5.13 Å². The van der Waals surface area contributed by atoms with Crippen molar-refractivity contribution in [2.45, 2.75) is 45.2 Å². The van der Waals surface area contributed by atoms with Crippen LogP contribution in [0, 0.1) is 0 Å². The van der Waals surface area contributed by atoms with E-state index in [1.54, 1.807) is 4.90 Å². The third-order valence-corrected chi connectivity index (χ3v) is 5.53. The molecule has 4 N–H and O–H groups in total. The summed E-state index contributed by atoms with van der Waals surface area (Å²) in [5.41, 5.74) is 11.7.